The van der Waals surface area contributed by atoms with Gasteiger partial charge in [-0.05, 0) is 49.7 Å². The van der Waals surface area contributed by atoms with Gasteiger partial charge in [-0.2, -0.15) is 0 Å². The second-order valence-electron chi connectivity index (χ2n) is 6.17. The number of likely N-dealkylation sites (N-methyl/N-ethyl adjacent to an activating group) is 1. The van der Waals surface area contributed by atoms with Crippen molar-refractivity contribution in [1.29, 1.82) is 5.41 Å². The molecule has 1 heterocycles. The quantitative estimate of drug-likeness (QED) is 0.666. The minimum absolute atomic E-state index is 0.0654. The number of quaternary nitrogens is 1. The highest BCUT2D eigenvalue weighted by molar-refractivity contribution is 6.38. The van der Waals surface area contributed by atoms with Crippen LogP contribution in [0.3, 0.4) is 0 Å². The van der Waals surface area contributed by atoms with Crippen LogP contribution in [0.25, 0.3) is 5.57 Å². The molecular weight excluding hydrogens is 367 g/mol. The second kappa shape index (κ2) is 6.09. The van der Waals surface area contributed by atoms with Gasteiger partial charge in [0.15, 0.2) is 5.82 Å². The van der Waals surface area contributed by atoms with Crippen molar-refractivity contribution < 1.29 is 8.78 Å². The molecule has 2 N–H and O–H groups in total. The van der Waals surface area contributed by atoms with Gasteiger partial charge in [0, 0.05) is 5.56 Å². The summed E-state index contributed by atoms with van der Waals surface area (Å²) >= 11 is 12.4. The number of halogens is 4. The van der Waals surface area contributed by atoms with Gasteiger partial charge in [-0.15, -0.1) is 4.59 Å². The molecule has 1 atom stereocenters. The van der Waals surface area contributed by atoms with Gasteiger partial charge in [0.05, 0.1) is 16.3 Å². The summed E-state index contributed by atoms with van der Waals surface area (Å²) in [7, 11) is 1.63. The molecule has 0 aliphatic carbocycles. The standard InChI is InChI=1S/C18H16Cl2F2N3/c1-9-6-14(20)17(15(22)7-9)25(3)18(23)16(10(2)24-25)12-5-4-11(21)8-13(12)19/h4-8,23-24H,1-3H3/q+1. The Bertz CT molecular complexity index is 917. The van der Waals surface area contributed by atoms with Crippen LogP contribution in [-0.2, 0) is 0 Å². The molecule has 1 aliphatic heterocycles. The number of rotatable bonds is 2. The average Bonchev–Trinajstić information content (AvgIpc) is 2.69. The van der Waals surface area contributed by atoms with Crippen LogP contribution < -0.4 is 10.0 Å². The molecule has 0 fully saturated rings. The van der Waals surface area contributed by atoms with E-state index in [4.69, 9.17) is 28.6 Å². The molecule has 0 spiro atoms. The number of hydrogen-bond acceptors (Lipinski definition) is 2. The molecule has 3 nitrogen and oxygen atoms in total. The molecule has 7 heteroatoms. The number of nitrogens with zero attached hydrogens (tertiary/aromatic N) is 1. The lowest BCUT2D eigenvalue weighted by molar-refractivity contribution is 0.403. The Labute approximate surface area is 154 Å². The van der Waals surface area contributed by atoms with Crippen molar-refractivity contribution in [1.82, 2.24) is 10.0 Å². The van der Waals surface area contributed by atoms with E-state index in [0.29, 0.717) is 22.4 Å². The third kappa shape index (κ3) is 2.82. The molecule has 0 bridgehead atoms. The fraction of sp³-hybridized carbons (Fsp3) is 0.167. The van der Waals surface area contributed by atoms with E-state index >= 15 is 0 Å². The molecule has 1 unspecified atom stereocenters. The molecule has 25 heavy (non-hydrogen) atoms. The first-order valence-electron chi connectivity index (χ1n) is 7.52. The summed E-state index contributed by atoms with van der Waals surface area (Å²) in [4.78, 5) is 0. The summed E-state index contributed by atoms with van der Waals surface area (Å²) in [6.45, 7) is 3.50. The molecule has 0 radical (unpaired) electrons. The Balaban J connectivity index is 2.14. The number of aryl methyl sites for hydroxylation is 1. The summed E-state index contributed by atoms with van der Waals surface area (Å²) in [5, 5.41) is 9.04. The minimum atomic E-state index is -0.510. The van der Waals surface area contributed by atoms with Gasteiger partial charge in [0.1, 0.15) is 17.9 Å². The monoisotopic (exact) mass is 382 g/mol. The lowest BCUT2D eigenvalue weighted by atomic mass is 10.0. The van der Waals surface area contributed by atoms with Crippen LogP contribution in [0.2, 0.25) is 10.0 Å². The third-order valence-corrected chi connectivity index (χ3v) is 4.86. The Morgan fingerprint density at radius 3 is 2.32 bits per heavy atom. The lowest BCUT2D eigenvalue weighted by Gasteiger charge is -2.29. The molecule has 1 aliphatic rings. The zero-order chi connectivity index (χ0) is 18.5. The van der Waals surface area contributed by atoms with Crippen molar-refractivity contribution >= 4 is 40.3 Å². The highest BCUT2D eigenvalue weighted by Crippen LogP contribution is 2.41. The molecule has 0 saturated heterocycles. The number of allylic oxidation sites excluding steroid dienone is 1. The van der Waals surface area contributed by atoms with Crippen molar-refractivity contribution in [2.75, 3.05) is 7.05 Å². The largest absolute Gasteiger partial charge is 0.260 e. The van der Waals surface area contributed by atoms with Crippen LogP contribution in [0.4, 0.5) is 14.5 Å². The maximum absolute atomic E-state index is 14.6. The maximum atomic E-state index is 14.6. The highest BCUT2D eigenvalue weighted by atomic mass is 35.5. The molecule has 0 amide bonds. The van der Waals surface area contributed by atoms with Crippen molar-refractivity contribution in [3.05, 3.63) is 68.8 Å². The van der Waals surface area contributed by atoms with E-state index in [1.807, 2.05) is 0 Å². The molecular formula is C18H16Cl2F2N3+. The van der Waals surface area contributed by atoms with E-state index in [1.165, 1.54) is 24.3 Å². The lowest BCUT2D eigenvalue weighted by Crippen LogP contribution is -2.56. The first kappa shape index (κ1) is 17.9. The Kier molecular flexibility index (Phi) is 4.35. The Hall–Kier alpha value is -1.95. The first-order valence-corrected chi connectivity index (χ1v) is 8.27. The number of hydrogen-bond donors (Lipinski definition) is 2. The fourth-order valence-corrected chi connectivity index (χ4v) is 3.85. The average molecular weight is 383 g/mol. The molecule has 0 saturated carbocycles. The van der Waals surface area contributed by atoms with Crippen molar-refractivity contribution in [2.45, 2.75) is 13.8 Å². The van der Waals surface area contributed by atoms with E-state index in [2.05, 4.69) is 5.43 Å². The van der Waals surface area contributed by atoms with E-state index in [-0.39, 0.29) is 26.2 Å². The van der Waals surface area contributed by atoms with E-state index in [9.17, 15) is 8.78 Å². The third-order valence-electron chi connectivity index (χ3n) is 4.26. The maximum Gasteiger partial charge on any atom is 0.260 e. The second-order valence-corrected chi connectivity index (χ2v) is 6.98. The van der Waals surface area contributed by atoms with Crippen LogP contribution in [0.15, 0.2) is 36.0 Å². The number of benzene rings is 2. The first-order chi connectivity index (χ1) is 11.6. The van der Waals surface area contributed by atoms with E-state index in [0.717, 1.165) is 0 Å². The van der Waals surface area contributed by atoms with Gasteiger partial charge in [0.25, 0.3) is 5.84 Å². The predicted molar refractivity (Wildman–Crippen MR) is 98.7 cm³/mol. The van der Waals surface area contributed by atoms with Crippen molar-refractivity contribution in [2.24, 2.45) is 0 Å². The van der Waals surface area contributed by atoms with Gasteiger partial charge in [-0.1, -0.05) is 23.2 Å². The predicted octanol–water partition coefficient (Wildman–Crippen LogP) is 5.44. The van der Waals surface area contributed by atoms with Crippen LogP contribution in [-0.4, -0.2) is 12.9 Å². The SMILES string of the molecule is CC1=C(c2ccc(F)cc2Cl)C(=N)[N+](C)(c2c(F)cc(C)cc2Cl)N1. The van der Waals surface area contributed by atoms with Crippen LogP contribution >= 0.6 is 23.2 Å². The minimum Gasteiger partial charge on any atom is -0.248 e. The van der Waals surface area contributed by atoms with E-state index < -0.39 is 11.6 Å². The van der Waals surface area contributed by atoms with Crippen LogP contribution in [0.5, 0.6) is 0 Å². The summed E-state index contributed by atoms with van der Waals surface area (Å²) in [5.74, 6) is -0.908. The molecule has 2 aromatic carbocycles. The summed E-state index contributed by atoms with van der Waals surface area (Å²) < 4.78 is 27.6. The fourth-order valence-electron chi connectivity index (χ4n) is 3.16. The topological polar surface area (TPSA) is 35.9 Å². The smallest absolute Gasteiger partial charge is 0.248 e. The van der Waals surface area contributed by atoms with Crippen LogP contribution in [0, 0.1) is 24.0 Å². The number of amidine groups is 1. The molecule has 0 aromatic heterocycles. The summed E-state index contributed by atoms with van der Waals surface area (Å²) in [5.41, 5.74) is 5.55. The normalized spacial score (nSPS) is 20.2. The van der Waals surface area contributed by atoms with Crippen LogP contribution in [0.1, 0.15) is 18.1 Å². The molecule has 130 valence electrons. The van der Waals surface area contributed by atoms with Gasteiger partial charge < -0.3 is 0 Å². The van der Waals surface area contributed by atoms with Gasteiger partial charge in [-0.25, -0.2) is 19.6 Å². The number of nitrogens with one attached hydrogen (secondary N) is 2. The molecule has 3 rings (SSSR count). The Morgan fingerprint density at radius 1 is 1.04 bits per heavy atom. The van der Waals surface area contributed by atoms with Gasteiger partial charge >= 0.3 is 0 Å². The van der Waals surface area contributed by atoms with Gasteiger partial charge in [0.2, 0.25) is 5.69 Å². The van der Waals surface area contributed by atoms with Gasteiger partial charge in [-0.3, -0.25) is 0 Å². The summed E-state index contributed by atoms with van der Waals surface area (Å²) in [6, 6.07) is 6.99. The molecule has 2 aromatic rings. The summed E-state index contributed by atoms with van der Waals surface area (Å²) in [6.07, 6.45) is 0. The van der Waals surface area contributed by atoms with E-state index in [1.54, 1.807) is 27.0 Å². The zero-order valence-corrected chi connectivity index (χ0v) is 15.4. The highest BCUT2D eigenvalue weighted by Gasteiger charge is 2.46. The Morgan fingerprint density at radius 2 is 1.72 bits per heavy atom. The van der Waals surface area contributed by atoms with Crippen molar-refractivity contribution in [3.63, 3.8) is 0 Å². The van der Waals surface area contributed by atoms with Crippen molar-refractivity contribution in [3.8, 4) is 0 Å². The zero-order valence-electron chi connectivity index (χ0n) is 13.8.